The molecule has 2 aromatic carbocycles. The third-order valence-electron chi connectivity index (χ3n) is 3.95. The van der Waals surface area contributed by atoms with Crippen molar-refractivity contribution in [2.45, 2.75) is 19.4 Å². The van der Waals surface area contributed by atoms with Crippen molar-refractivity contribution in [3.05, 3.63) is 63.6 Å². The van der Waals surface area contributed by atoms with E-state index in [4.69, 9.17) is 27.9 Å². The molecule has 0 spiro atoms. The Balaban J connectivity index is 1.75. The van der Waals surface area contributed by atoms with Gasteiger partial charge in [-0.25, -0.2) is 4.79 Å². The van der Waals surface area contributed by atoms with Crippen molar-refractivity contribution in [1.82, 2.24) is 0 Å². The van der Waals surface area contributed by atoms with Crippen LogP contribution in [0.3, 0.4) is 0 Å². The van der Waals surface area contributed by atoms with Crippen molar-refractivity contribution in [3.8, 4) is 0 Å². The normalized spacial score (nSPS) is 14.2. The first-order valence-corrected chi connectivity index (χ1v) is 8.29. The number of ether oxygens (including phenoxy) is 1. The molecule has 0 saturated carbocycles. The Labute approximate surface area is 149 Å². The molecule has 2 aromatic rings. The van der Waals surface area contributed by atoms with Crippen molar-refractivity contribution < 1.29 is 14.3 Å². The van der Waals surface area contributed by atoms with Gasteiger partial charge in [0.2, 0.25) is 0 Å². The van der Waals surface area contributed by atoms with Gasteiger partial charge in [0.15, 0.2) is 6.10 Å². The first kappa shape index (κ1) is 16.8. The first-order chi connectivity index (χ1) is 11.5. The second-order valence-corrected chi connectivity index (χ2v) is 6.33. The van der Waals surface area contributed by atoms with Gasteiger partial charge in [0.25, 0.3) is 5.91 Å². The zero-order chi connectivity index (χ0) is 17.3. The predicted molar refractivity (Wildman–Crippen MR) is 93.8 cm³/mol. The summed E-state index contributed by atoms with van der Waals surface area (Å²) in [5, 5.41) is 0.386. The highest BCUT2D eigenvalue weighted by molar-refractivity contribution is 6.39. The lowest BCUT2D eigenvalue weighted by Crippen LogP contribution is -2.39. The number of amides is 1. The molecule has 1 unspecified atom stereocenters. The summed E-state index contributed by atoms with van der Waals surface area (Å²) in [4.78, 5) is 26.6. The van der Waals surface area contributed by atoms with Gasteiger partial charge < -0.3 is 9.64 Å². The number of halogens is 2. The zero-order valence-corrected chi connectivity index (χ0v) is 14.5. The maximum atomic E-state index is 12.6. The highest BCUT2D eigenvalue weighted by Crippen LogP contribution is 2.29. The molecule has 6 heteroatoms. The number of esters is 1. The van der Waals surface area contributed by atoms with Crippen LogP contribution in [0.25, 0.3) is 0 Å². The van der Waals surface area contributed by atoms with Crippen LogP contribution < -0.4 is 4.90 Å². The monoisotopic (exact) mass is 363 g/mol. The van der Waals surface area contributed by atoms with E-state index in [0.717, 1.165) is 17.7 Å². The zero-order valence-electron chi connectivity index (χ0n) is 13.0. The summed E-state index contributed by atoms with van der Waals surface area (Å²) < 4.78 is 5.29. The lowest BCUT2D eigenvalue weighted by Gasteiger charge is -2.22. The average Bonchev–Trinajstić information content (AvgIpc) is 2.97. The predicted octanol–water partition coefficient (Wildman–Crippen LogP) is 4.13. The number of carbonyl (C=O) groups is 2. The van der Waals surface area contributed by atoms with E-state index in [0.29, 0.717) is 6.54 Å². The Hall–Kier alpha value is -2.04. The van der Waals surface area contributed by atoms with E-state index in [1.165, 1.54) is 0 Å². The molecule has 124 valence electrons. The van der Waals surface area contributed by atoms with Crippen molar-refractivity contribution in [1.29, 1.82) is 0 Å². The summed E-state index contributed by atoms with van der Waals surface area (Å²) in [6.07, 6.45) is -0.144. The van der Waals surface area contributed by atoms with Crippen LogP contribution in [-0.2, 0) is 16.0 Å². The minimum Gasteiger partial charge on any atom is -0.449 e. The largest absolute Gasteiger partial charge is 0.449 e. The van der Waals surface area contributed by atoms with E-state index < -0.39 is 12.1 Å². The van der Waals surface area contributed by atoms with Crippen LogP contribution >= 0.6 is 23.2 Å². The Morgan fingerprint density at radius 3 is 2.46 bits per heavy atom. The van der Waals surface area contributed by atoms with Crippen molar-refractivity contribution in [2.75, 3.05) is 11.4 Å². The fourth-order valence-corrected chi connectivity index (χ4v) is 3.30. The first-order valence-electron chi connectivity index (χ1n) is 7.53. The Bertz CT molecular complexity index is 786. The molecule has 0 radical (unpaired) electrons. The van der Waals surface area contributed by atoms with Crippen LogP contribution in [0.1, 0.15) is 22.8 Å². The van der Waals surface area contributed by atoms with E-state index in [1.54, 1.807) is 30.0 Å². The number of para-hydroxylation sites is 1. The van der Waals surface area contributed by atoms with Crippen molar-refractivity contribution in [2.24, 2.45) is 0 Å². The summed E-state index contributed by atoms with van der Waals surface area (Å²) in [7, 11) is 0. The quantitative estimate of drug-likeness (QED) is 0.770. The van der Waals surface area contributed by atoms with Crippen LogP contribution in [0.2, 0.25) is 10.0 Å². The summed E-state index contributed by atoms with van der Waals surface area (Å²) in [5.41, 5.74) is 2.04. The summed E-state index contributed by atoms with van der Waals surface area (Å²) >= 11 is 12.0. The van der Waals surface area contributed by atoms with Crippen LogP contribution in [0.5, 0.6) is 0 Å². The van der Waals surface area contributed by atoms with E-state index in [1.807, 2.05) is 24.3 Å². The number of benzene rings is 2. The van der Waals surface area contributed by atoms with Crippen molar-refractivity contribution in [3.63, 3.8) is 0 Å². The third-order valence-corrected chi connectivity index (χ3v) is 4.58. The Kier molecular flexibility index (Phi) is 4.78. The van der Waals surface area contributed by atoms with Gasteiger partial charge in [-0.15, -0.1) is 0 Å². The fraction of sp³-hybridized carbons (Fsp3) is 0.222. The molecule has 0 aliphatic carbocycles. The van der Waals surface area contributed by atoms with Gasteiger partial charge in [-0.1, -0.05) is 47.5 Å². The van der Waals surface area contributed by atoms with E-state index in [-0.39, 0.29) is 21.5 Å². The molecular weight excluding hydrogens is 349 g/mol. The van der Waals surface area contributed by atoms with E-state index >= 15 is 0 Å². The van der Waals surface area contributed by atoms with E-state index in [2.05, 4.69) is 0 Å². The minimum atomic E-state index is -0.934. The lowest BCUT2D eigenvalue weighted by molar-refractivity contribution is -0.126. The SMILES string of the molecule is CC(OC(=O)c1c(Cl)cccc1Cl)C(=O)N1CCc2ccccc21. The van der Waals surface area contributed by atoms with Gasteiger partial charge >= 0.3 is 5.97 Å². The number of fused-ring (bicyclic) bond motifs is 1. The number of rotatable bonds is 3. The average molecular weight is 364 g/mol. The highest BCUT2D eigenvalue weighted by Gasteiger charge is 2.30. The number of hydrogen-bond donors (Lipinski definition) is 0. The molecule has 24 heavy (non-hydrogen) atoms. The summed E-state index contributed by atoms with van der Waals surface area (Å²) in [5.74, 6) is -0.976. The molecule has 3 rings (SSSR count). The molecular formula is C18H15Cl2NO3. The molecule has 0 N–H and O–H groups in total. The molecule has 0 aromatic heterocycles. The topological polar surface area (TPSA) is 46.6 Å². The van der Waals surface area contributed by atoms with E-state index in [9.17, 15) is 9.59 Å². The molecule has 0 bridgehead atoms. The Morgan fingerprint density at radius 2 is 1.75 bits per heavy atom. The van der Waals surface area contributed by atoms with Gasteiger partial charge in [-0.05, 0) is 37.1 Å². The standard InChI is InChI=1S/C18H15Cl2NO3/c1-11(24-18(23)16-13(19)6-4-7-14(16)20)17(22)21-10-9-12-5-2-3-8-15(12)21/h2-8,11H,9-10H2,1H3. The second kappa shape index (κ2) is 6.83. The number of anilines is 1. The summed E-state index contributed by atoms with van der Waals surface area (Å²) in [6, 6.07) is 12.4. The molecule has 0 fully saturated rings. The van der Waals surface area contributed by atoms with Gasteiger partial charge in [0.05, 0.1) is 15.6 Å². The highest BCUT2D eigenvalue weighted by atomic mass is 35.5. The number of hydrogen-bond acceptors (Lipinski definition) is 3. The van der Waals surface area contributed by atoms with Gasteiger partial charge in [-0.2, -0.15) is 0 Å². The van der Waals surface area contributed by atoms with Crippen LogP contribution in [0, 0.1) is 0 Å². The third kappa shape index (κ3) is 3.12. The Morgan fingerprint density at radius 1 is 1.08 bits per heavy atom. The number of carbonyl (C=O) groups excluding carboxylic acids is 2. The van der Waals surface area contributed by atoms with Crippen LogP contribution in [0.15, 0.2) is 42.5 Å². The smallest absolute Gasteiger partial charge is 0.341 e. The van der Waals surface area contributed by atoms with Gasteiger partial charge in [0, 0.05) is 12.2 Å². The molecule has 0 saturated heterocycles. The van der Waals surface area contributed by atoms with Crippen LogP contribution in [0.4, 0.5) is 5.69 Å². The fourth-order valence-electron chi connectivity index (χ4n) is 2.75. The molecule has 1 heterocycles. The molecule has 4 nitrogen and oxygen atoms in total. The van der Waals surface area contributed by atoms with Gasteiger partial charge in [-0.3, -0.25) is 4.79 Å². The van der Waals surface area contributed by atoms with Crippen molar-refractivity contribution >= 4 is 40.8 Å². The van der Waals surface area contributed by atoms with Crippen LogP contribution in [-0.4, -0.2) is 24.5 Å². The molecule has 1 aliphatic rings. The lowest BCUT2D eigenvalue weighted by atomic mass is 10.2. The number of nitrogens with zero attached hydrogens (tertiary/aromatic N) is 1. The van der Waals surface area contributed by atoms with Gasteiger partial charge in [0.1, 0.15) is 0 Å². The molecule has 1 atom stereocenters. The second-order valence-electron chi connectivity index (χ2n) is 5.51. The minimum absolute atomic E-state index is 0.0716. The summed E-state index contributed by atoms with van der Waals surface area (Å²) in [6.45, 7) is 2.12. The molecule has 1 amide bonds. The maximum absolute atomic E-state index is 12.6. The maximum Gasteiger partial charge on any atom is 0.341 e. The molecule has 1 aliphatic heterocycles.